The highest BCUT2D eigenvalue weighted by Gasteiger charge is 2.34. The first-order valence-electron chi connectivity index (χ1n) is 6.10. The molecule has 0 unspecified atom stereocenters. The molecular weight excluding hydrogens is 306 g/mol. The lowest BCUT2D eigenvalue weighted by Gasteiger charge is -2.36. The molecule has 6 heteroatoms. The van der Waals surface area contributed by atoms with Gasteiger partial charge in [0, 0.05) is 24.6 Å². The minimum absolute atomic E-state index is 0.148. The molecule has 0 aromatic rings. The molecule has 0 aliphatic heterocycles. The van der Waals surface area contributed by atoms with Gasteiger partial charge in [0.2, 0.25) is 10.0 Å². The van der Waals surface area contributed by atoms with Gasteiger partial charge in [-0.25, -0.2) is 13.1 Å². The van der Waals surface area contributed by atoms with Gasteiger partial charge >= 0.3 is 0 Å². The summed E-state index contributed by atoms with van der Waals surface area (Å²) in [6, 6.07) is 0. The molecule has 0 amide bonds. The van der Waals surface area contributed by atoms with Crippen LogP contribution in [0.4, 0.5) is 0 Å². The van der Waals surface area contributed by atoms with Gasteiger partial charge in [-0.15, -0.1) is 0 Å². The number of alkyl halides is 1. The Hall–Kier alpha value is 0.350. The molecule has 1 saturated carbocycles. The monoisotopic (exact) mass is 327 g/mol. The third-order valence-electron chi connectivity index (χ3n) is 3.20. The smallest absolute Gasteiger partial charge is 0.212 e. The van der Waals surface area contributed by atoms with Crippen LogP contribution < -0.4 is 4.72 Å². The van der Waals surface area contributed by atoms with Crippen LogP contribution >= 0.6 is 15.9 Å². The van der Waals surface area contributed by atoms with Crippen LogP contribution in [0, 0.1) is 0 Å². The van der Waals surface area contributed by atoms with Crippen molar-refractivity contribution in [2.75, 3.05) is 24.8 Å². The Bertz CT molecular complexity index is 313. The van der Waals surface area contributed by atoms with Gasteiger partial charge < -0.3 is 4.74 Å². The van der Waals surface area contributed by atoms with E-state index in [4.69, 9.17) is 4.74 Å². The number of halogens is 1. The van der Waals surface area contributed by atoms with Crippen molar-refractivity contribution < 1.29 is 13.2 Å². The first kappa shape index (κ1) is 15.4. The van der Waals surface area contributed by atoms with Gasteiger partial charge in [0.05, 0.1) is 5.75 Å². The van der Waals surface area contributed by atoms with Gasteiger partial charge in [-0.3, -0.25) is 0 Å². The Kier molecular flexibility index (Phi) is 6.40. The average Bonchev–Trinajstić information content (AvgIpc) is 2.30. The molecule has 0 heterocycles. The van der Waals surface area contributed by atoms with E-state index >= 15 is 0 Å². The van der Waals surface area contributed by atoms with Crippen molar-refractivity contribution >= 4 is 26.0 Å². The van der Waals surface area contributed by atoms with E-state index in [1.165, 1.54) is 6.42 Å². The summed E-state index contributed by atoms with van der Waals surface area (Å²) in [5.41, 5.74) is -0.260. The molecule has 0 bridgehead atoms. The average molecular weight is 328 g/mol. The van der Waals surface area contributed by atoms with Gasteiger partial charge in [0.15, 0.2) is 0 Å². The zero-order valence-electron chi connectivity index (χ0n) is 10.4. The van der Waals surface area contributed by atoms with E-state index in [0.29, 0.717) is 18.4 Å². The van der Waals surface area contributed by atoms with Crippen LogP contribution in [0.15, 0.2) is 0 Å². The summed E-state index contributed by atoms with van der Waals surface area (Å²) in [7, 11) is -1.60. The third kappa shape index (κ3) is 5.24. The summed E-state index contributed by atoms with van der Waals surface area (Å²) < 4.78 is 31.7. The Balaban J connectivity index is 2.54. The largest absolute Gasteiger partial charge is 0.385 e. The minimum Gasteiger partial charge on any atom is -0.385 e. The van der Waals surface area contributed by atoms with E-state index in [9.17, 15) is 8.42 Å². The van der Waals surface area contributed by atoms with Crippen molar-refractivity contribution in [1.82, 2.24) is 4.72 Å². The van der Waals surface area contributed by atoms with Crippen LogP contribution in [0.25, 0.3) is 0 Å². The maximum Gasteiger partial charge on any atom is 0.212 e. The molecule has 0 atom stereocenters. The van der Waals surface area contributed by atoms with Crippen molar-refractivity contribution in [3.8, 4) is 0 Å². The molecule has 1 rings (SSSR count). The van der Waals surface area contributed by atoms with E-state index in [-0.39, 0.29) is 11.3 Å². The lowest BCUT2D eigenvalue weighted by molar-refractivity contribution is 0.199. The summed E-state index contributed by atoms with van der Waals surface area (Å²) in [6.45, 7) is 0.488. The minimum atomic E-state index is -3.18. The molecule has 0 spiro atoms. The predicted octanol–water partition coefficient (Wildman–Crippen LogP) is 2.04. The predicted molar refractivity (Wildman–Crippen MR) is 73.0 cm³/mol. The fourth-order valence-corrected chi connectivity index (χ4v) is 4.69. The summed E-state index contributed by atoms with van der Waals surface area (Å²) in [5.74, 6) is 0.148. The Morgan fingerprint density at radius 1 is 1.29 bits per heavy atom. The van der Waals surface area contributed by atoms with Crippen LogP contribution in [-0.2, 0) is 14.8 Å². The molecule has 0 aromatic carbocycles. The molecule has 1 N–H and O–H groups in total. The normalized spacial score (nSPS) is 20.4. The fourth-order valence-electron chi connectivity index (χ4n) is 2.27. The first-order chi connectivity index (χ1) is 8.04. The van der Waals surface area contributed by atoms with Crippen molar-refractivity contribution in [2.45, 2.75) is 44.1 Å². The van der Waals surface area contributed by atoms with Crippen LogP contribution in [0.3, 0.4) is 0 Å². The molecule has 0 aromatic heterocycles. The van der Waals surface area contributed by atoms with Gasteiger partial charge in [-0.2, -0.15) is 0 Å². The number of rotatable bonds is 7. The molecule has 1 aliphatic rings. The summed E-state index contributed by atoms with van der Waals surface area (Å²) in [5, 5.41) is 0.698. The molecule has 1 aliphatic carbocycles. The Labute approximate surface area is 113 Å². The third-order valence-corrected chi connectivity index (χ3v) is 5.84. The summed E-state index contributed by atoms with van der Waals surface area (Å²) >= 11 is 3.45. The standard InChI is InChI=1S/C11H22BrNO3S/c1-16-8-5-9-17(14,15)13-11(10-12)6-3-2-4-7-11/h13H,2-10H2,1H3. The maximum atomic E-state index is 12.0. The summed E-state index contributed by atoms with van der Waals surface area (Å²) in [6.07, 6.45) is 5.83. The second kappa shape index (κ2) is 7.07. The van der Waals surface area contributed by atoms with Crippen molar-refractivity contribution in [3.05, 3.63) is 0 Å². The molecule has 0 radical (unpaired) electrons. The lowest BCUT2D eigenvalue weighted by Crippen LogP contribution is -2.51. The molecule has 4 nitrogen and oxygen atoms in total. The van der Waals surface area contributed by atoms with Crippen LogP contribution in [0.1, 0.15) is 38.5 Å². The van der Waals surface area contributed by atoms with E-state index in [2.05, 4.69) is 20.7 Å². The Morgan fingerprint density at radius 2 is 1.94 bits per heavy atom. The maximum absolute atomic E-state index is 12.0. The van der Waals surface area contributed by atoms with E-state index < -0.39 is 10.0 Å². The molecule has 102 valence electrons. The highest BCUT2D eigenvalue weighted by atomic mass is 79.9. The fraction of sp³-hybridized carbons (Fsp3) is 1.00. The molecular formula is C11H22BrNO3S. The van der Waals surface area contributed by atoms with Crippen molar-refractivity contribution in [2.24, 2.45) is 0 Å². The summed E-state index contributed by atoms with van der Waals surface area (Å²) in [4.78, 5) is 0. The number of methoxy groups -OCH3 is 1. The number of nitrogens with one attached hydrogen (secondary N) is 1. The van der Waals surface area contributed by atoms with E-state index in [0.717, 1.165) is 25.7 Å². The highest BCUT2D eigenvalue weighted by molar-refractivity contribution is 9.09. The second-order valence-electron chi connectivity index (χ2n) is 4.74. The zero-order valence-corrected chi connectivity index (χ0v) is 12.8. The second-order valence-corrected chi connectivity index (χ2v) is 7.14. The van der Waals surface area contributed by atoms with Crippen molar-refractivity contribution in [1.29, 1.82) is 0 Å². The number of hydrogen-bond donors (Lipinski definition) is 1. The van der Waals surface area contributed by atoms with E-state index in [1.807, 2.05) is 0 Å². The SMILES string of the molecule is COCCCS(=O)(=O)NC1(CBr)CCCCC1. The Morgan fingerprint density at radius 3 is 2.47 bits per heavy atom. The van der Waals surface area contributed by atoms with Crippen LogP contribution in [0.5, 0.6) is 0 Å². The quantitative estimate of drug-likeness (QED) is 0.575. The van der Waals surface area contributed by atoms with Gasteiger partial charge in [0.25, 0.3) is 0 Å². The van der Waals surface area contributed by atoms with E-state index in [1.54, 1.807) is 7.11 Å². The van der Waals surface area contributed by atoms with Gasteiger partial charge in [-0.1, -0.05) is 35.2 Å². The van der Waals surface area contributed by atoms with Crippen LogP contribution in [-0.4, -0.2) is 38.8 Å². The topological polar surface area (TPSA) is 55.4 Å². The number of hydrogen-bond acceptors (Lipinski definition) is 3. The van der Waals surface area contributed by atoms with Crippen molar-refractivity contribution in [3.63, 3.8) is 0 Å². The highest BCUT2D eigenvalue weighted by Crippen LogP contribution is 2.30. The van der Waals surface area contributed by atoms with Gasteiger partial charge in [0.1, 0.15) is 0 Å². The molecule has 1 fully saturated rings. The first-order valence-corrected chi connectivity index (χ1v) is 8.87. The van der Waals surface area contributed by atoms with Gasteiger partial charge in [-0.05, 0) is 19.3 Å². The lowest BCUT2D eigenvalue weighted by atomic mass is 9.84. The van der Waals surface area contributed by atoms with Crippen LogP contribution in [0.2, 0.25) is 0 Å². The number of sulfonamides is 1. The molecule has 17 heavy (non-hydrogen) atoms. The zero-order chi connectivity index (χ0) is 12.8. The number of ether oxygens (including phenoxy) is 1. The molecule has 0 saturated heterocycles.